The van der Waals surface area contributed by atoms with E-state index in [0.29, 0.717) is 18.8 Å². The van der Waals surface area contributed by atoms with Gasteiger partial charge in [-0.15, -0.1) is 0 Å². The molecule has 0 N–H and O–H groups in total. The Morgan fingerprint density at radius 3 is 2.42 bits per heavy atom. The standard InChI is InChI=1S/C19H21N3O2/c1-13-14(2)21-19(22-8-10-24-11-9-22)17(12-20)18(13)15-4-6-16(23-3)7-5-15/h4-7H,8-11H2,1-3H3. The van der Waals surface area contributed by atoms with E-state index in [2.05, 4.69) is 11.0 Å². The van der Waals surface area contributed by atoms with Crippen LogP contribution in [0.5, 0.6) is 5.75 Å². The Labute approximate surface area is 142 Å². The average Bonchev–Trinajstić information content (AvgIpc) is 2.64. The van der Waals surface area contributed by atoms with Gasteiger partial charge in [-0.1, -0.05) is 12.1 Å². The number of nitriles is 1. The van der Waals surface area contributed by atoms with Crippen molar-refractivity contribution in [3.63, 3.8) is 0 Å². The number of benzene rings is 1. The van der Waals surface area contributed by atoms with Gasteiger partial charge in [0.2, 0.25) is 0 Å². The van der Waals surface area contributed by atoms with Gasteiger partial charge >= 0.3 is 0 Å². The topological polar surface area (TPSA) is 58.4 Å². The maximum absolute atomic E-state index is 9.83. The van der Waals surface area contributed by atoms with Crippen LogP contribution in [0.2, 0.25) is 0 Å². The predicted molar refractivity (Wildman–Crippen MR) is 93.4 cm³/mol. The highest BCUT2D eigenvalue weighted by molar-refractivity contribution is 5.80. The molecular formula is C19H21N3O2. The molecule has 24 heavy (non-hydrogen) atoms. The lowest BCUT2D eigenvalue weighted by atomic mass is 9.94. The molecule has 5 nitrogen and oxygen atoms in total. The lowest BCUT2D eigenvalue weighted by Crippen LogP contribution is -2.37. The normalized spacial score (nSPS) is 14.3. The van der Waals surface area contributed by atoms with Gasteiger partial charge in [-0.3, -0.25) is 0 Å². The van der Waals surface area contributed by atoms with Crippen LogP contribution in [0, 0.1) is 25.2 Å². The van der Waals surface area contributed by atoms with Crippen molar-refractivity contribution in [1.82, 2.24) is 4.98 Å². The summed E-state index contributed by atoms with van der Waals surface area (Å²) in [5.74, 6) is 1.56. The molecule has 0 amide bonds. The van der Waals surface area contributed by atoms with Crippen LogP contribution >= 0.6 is 0 Å². The zero-order chi connectivity index (χ0) is 17.1. The van der Waals surface area contributed by atoms with Gasteiger partial charge in [0.1, 0.15) is 23.2 Å². The number of hydrogen-bond donors (Lipinski definition) is 0. The molecule has 1 aliphatic heterocycles. The molecule has 0 bridgehead atoms. The quantitative estimate of drug-likeness (QED) is 0.869. The first-order valence-electron chi connectivity index (χ1n) is 8.04. The molecule has 0 saturated carbocycles. The number of ether oxygens (including phenoxy) is 2. The number of aromatic nitrogens is 1. The molecule has 2 aromatic rings. The summed E-state index contributed by atoms with van der Waals surface area (Å²) in [5, 5.41) is 9.83. The van der Waals surface area contributed by atoms with Gasteiger partial charge in [0.05, 0.1) is 20.3 Å². The maximum Gasteiger partial charge on any atom is 0.147 e. The van der Waals surface area contributed by atoms with Crippen LogP contribution in [0.1, 0.15) is 16.8 Å². The molecule has 0 unspecified atom stereocenters. The molecular weight excluding hydrogens is 302 g/mol. The van der Waals surface area contributed by atoms with E-state index in [1.165, 1.54) is 0 Å². The number of rotatable bonds is 3. The van der Waals surface area contributed by atoms with E-state index in [1.807, 2.05) is 38.1 Å². The molecule has 1 aromatic heterocycles. The van der Waals surface area contributed by atoms with Crippen LogP contribution in [0.25, 0.3) is 11.1 Å². The summed E-state index contributed by atoms with van der Waals surface area (Å²) < 4.78 is 10.7. The molecule has 2 heterocycles. The molecule has 1 saturated heterocycles. The van der Waals surface area contributed by atoms with Crippen molar-refractivity contribution in [3.8, 4) is 22.9 Å². The predicted octanol–water partition coefficient (Wildman–Crippen LogP) is 3.08. The van der Waals surface area contributed by atoms with Gasteiger partial charge < -0.3 is 14.4 Å². The minimum absolute atomic E-state index is 0.630. The van der Waals surface area contributed by atoms with Crippen LogP contribution in [0.3, 0.4) is 0 Å². The van der Waals surface area contributed by atoms with Crippen molar-refractivity contribution in [2.75, 3.05) is 38.3 Å². The monoisotopic (exact) mass is 323 g/mol. The summed E-state index contributed by atoms with van der Waals surface area (Å²) in [6, 6.07) is 10.2. The van der Waals surface area contributed by atoms with Crippen molar-refractivity contribution >= 4 is 5.82 Å². The molecule has 5 heteroatoms. The van der Waals surface area contributed by atoms with Crippen molar-refractivity contribution in [1.29, 1.82) is 5.26 Å². The Bertz CT molecular complexity index is 773. The number of aryl methyl sites for hydroxylation is 1. The molecule has 0 atom stereocenters. The zero-order valence-corrected chi connectivity index (χ0v) is 14.3. The van der Waals surface area contributed by atoms with E-state index in [9.17, 15) is 5.26 Å². The number of methoxy groups -OCH3 is 1. The summed E-state index contributed by atoms with van der Waals surface area (Å²) in [4.78, 5) is 6.85. The van der Waals surface area contributed by atoms with E-state index in [4.69, 9.17) is 14.5 Å². The maximum atomic E-state index is 9.83. The largest absolute Gasteiger partial charge is 0.497 e. The fourth-order valence-corrected chi connectivity index (χ4v) is 3.01. The van der Waals surface area contributed by atoms with E-state index >= 15 is 0 Å². The fourth-order valence-electron chi connectivity index (χ4n) is 3.01. The Morgan fingerprint density at radius 2 is 1.83 bits per heavy atom. The SMILES string of the molecule is COc1ccc(-c2c(C)c(C)nc(N3CCOCC3)c2C#N)cc1. The Kier molecular flexibility index (Phi) is 4.68. The van der Waals surface area contributed by atoms with E-state index in [0.717, 1.165) is 47.0 Å². The summed E-state index contributed by atoms with van der Waals surface area (Å²) in [6.45, 7) is 6.85. The van der Waals surface area contributed by atoms with Gasteiger partial charge in [0, 0.05) is 24.3 Å². The van der Waals surface area contributed by atoms with Crippen LogP contribution < -0.4 is 9.64 Å². The summed E-state index contributed by atoms with van der Waals surface area (Å²) in [7, 11) is 1.65. The van der Waals surface area contributed by atoms with Gasteiger partial charge in [-0.05, 0) is 37.1 Å². The van der Waals surface area contributed by atoms with Crippen LogP contribution in [-0.2, 0) is 4.74 Å². The number of nitrogens with zero attached hydrogens (tertiary/aromatic N) is 3. The van der Waals surface area contributed by atoms with Crippen molar-refractivity contribution < 1.29 is 9.47 Å². The minimum atomic E-state index is 0.630. The van der Waals surface area contributed by atoms with E-state index in [-0.39, 0.29) is 0 Å². The van der Waals surface area contributed by atoms with E-state index < -0.39 is 0 Å². The number of anilines is 1. The Hall–Kier alpha value is -2.58. The van der Waals surface area contributed by atoms with Crippen LogP contribution in [-0.4, -0.2) is 38.4 Å². The number of pyridine rings is 1. The average molecular weight is 323 g/mol. The van der Waals surface area contributed by atoms with E-state index in [1.54, 1.807) is 7.11 Å². The summed E-state index contributed by atoms with van der Waals surface area (Å²) in [6.07, 6.45) is 0. The van der Waals surface area contributed by atoms with Gasteiger partial charge in [0.25, 0.3) is 0 Å². The fraction of sp³-hybridized carbons (Fsp3) is 0.368. The first-order valence-corrected chi connectivity index (χ1v) is 8.04. The van der Waals surface area contributed by atoms with Gasteiger partial charge in [-0.25, -0.2) is 4.98 Å². The van der Waals surface area contributed by atoms with Gasteiger partial charge in [0.15, 0.2) is 0 Å². The lowest BCUT2D eigenvalue weighted by Gasteiger charge is -2.30. The highest BCUT2D eigenvalue weighted by Gasteiger charge is 2.22. The summed E-state index contributed by atoms with van der Waals surface area (Å²) >= 11 is 0. The first kappa shape index (κ1) is 16.3. The third-order valence-corrected chi connectivity index (χ3v) is 4.47. The first-order chi connectivity index (χ1) is 11.7. The minimum Gasteiger partial charge on any atom is -0.497 e. The van der Waals surface area contributed by atoms with Crippen molar-refractivity contribution in [2.45, 2.75) is 13.8 Å². The molecule has 0 radical (unpaired) electrons. The number of hydrogen-bond acceptors (Lipinski definition) is 5. The second kappa shape index (κ2) is 6.90. The number of morpholine rings is 1. The smallest absolute Gasteiger partial charge is 0.147 e. The third-order valence-electron chi connectivity index (χ3n) is 4.47. The molecule has 0 spiro atoms. The van der Waals surface area contributed by atoms with Crippen molar-refractivity contribution in [3.05, 3.63) is 41.1 Å². The van der Waals surface area contributed by atoms with Crippen molar-refractivity contribution in [2.24, 2.45) is 0 Å². The van der Waals surface area contributed by atoms with Crippen LogP contribution in [0.4, 0.5) is 5.82 Å². The zero-order valence-electron chi connectivity index (χ0n) is 14.3. The molecule has 1 aliphatic rings. The second-order valence-corrected chi connectivity index (χ2v) is 5.84. The van der Waals surface area contributed by atoms with Gasteiger partial charge in [-0.2, -0.15) is 5.26 Å². The molecule has 1 fully saturated rings. The third kappa shape index (κ3) is 2.93. The molecule has 124 valence electrons. The van der Waals surface area contributed by atoms with Crippen LogP contribution in [0.15, 0.2) is 24.3 Å². The molecule has 0 aliphatic carbocycles. The Balaban J connectivity index is 2.16. The second-order valence-electron chi connectivity index (χ2n) is 5.84. The highest BCUT2D eigenvalue weighted by atomic mass is 16.5. The highest BCUT2D eigenvalue weighted by Crippen LogP contribution is 2.35. The Morgan fingerprint density at radius 1 is 1.17 bits per heavy atom. The molecule has 3 rings (SSSR count). The summed E-state index contributed by atoms with van der Waals surface area (Å²) in [5.41, 5.74) is 4.57. The lowest BCUT2D eigenvalue weighted by molar-refractivity contribution is 0.122. The molecule has 1 aromatic carbocycles.